The zero-order valence-electron chi connectivity index (χ0n) is 11.1. The van der Waals surface area contributed by atoms with E-state index < -0.39 is 0 Å². The number of hydrogen-bond acceptors (Lipinski definition) is 3. The zero-order valence-corrected chi connectivity index (χ0v) is 11.9. The van der Waals surface area contributed by atoms with Gasteiger partial charge in [-0.05, 0) is 25.3 Å². The molecule has 1 aliphatic heterocycles. The van der Waals surface area contributed by atoms with E-state index in [-0.39, 0.29) is 0 Å². The molecule has 0 bridgehead atoms. The Hall–Kier alpha value is -1.48. The molecular weight excluding hydrogens is 258 g/mol. The summed E-state index contributed by atoms with van der Waals surface area (Å²) in [6, 6.07) is 6.03. The Morgan fingerprint density at radius 3 is 2.74 bits per heavy atom. The van der Waals surface area contributed by atoms with Crippen LogP contribution in [0.1, 0.15) is 19.3 Å². The van der Waals surface area contributed by atoms with E-state index in [1.807, 2.05) is 25.4 Å². The summed E-state index contributed by atoms with van der Waals surface area (Å²) in [4.78, 5) is 7.00. The first-order valence-electron chi connectivity index (χ1n) is 6.81. The Morgan fingerprint density at radius 1 is 1.21 bits per heavy atom. The molecule has 0 amide bonds. The third kappa shape index (κ3) is 2.23. The molecule has 1 aromatic carbocycles. The molecule has 100 valence electrons. The van der Waals surface area contributed by atoms with E-state index in [0.717, 1.165) is 40.4 Å². The van der Waals surface area contributed by atoms with E-state index in [9.17, 15) is 0 Å². The van der Waals surface area contributed by atoms with Crippen LogP contribution in [0.25, 0.3) is 10.8 Å². The molecule has 3 rings (SSSR count). The maximum atomic E-state index is 6.42. The van der Waals surface area contributed by atoms with Crippen molar-refractivity contribution in [1.82, 2.24) is 4.98 Å². The van der Waals surface area contributed by atoms with Gasteiger partial charge in [0.15, 0.2) is 0 Å². The van der Waals surface area contributed by atoms with Gasteiger partial charge >= 0.3 is 0 Å². The predicted molar refractivity (Wildman–Crippen MR) is 82.4 cm³/mol. The van der Waals surface area contributed by atoms with E-state index in [1.54, 1.807) is 0 Å². The Labute approximate surface area is 118 Å². The number of pyridine rings is 1. The quantitative estimate of drug-likeness (QED) is 0.900. The minimum Gasteiger partial charge on any atom is -0.386 e. The van der Waals surface area contributed by atoms with Gasteiger partial charge in [-0.25, -0.2) is 4.98 Å². The Morgan fingerprint density at radius 2 is 2.00 bits per heavy atom. The van der Waals surface area contributed by atoms with Crippen LogP contribution in [0.2, 0.25) is 5.02 Å². The summed E-state index contributed by atoms with van der Waals surface area (Å²) >= 11 is 6.42. The number of halogens is 1. The van der Waals surface area contributed by atoms with Crippen molar-refractivity contribution in [2.75, 3.05) is 30.4 Å². The molecule has 1 saturated heterocycles. The van der Waals surface area contributed by atoms with Gasteiger partial charge in [0.1, 0.15) is 5.82 Å². The van der Waals surface area contributed by atoms with Crippen LogP contribution in [0.4, 0.5) is 11.5 Å². The SMILES string of the molecule is CNc1cnc(N2CCCCC2)c2c(Cl)cccc12. The van der Waals surface area contributed by atoms with Gasteiger partial charge < -0.3 is 10.2 Å². The summed E-state index contributed by atoms with van der Waals surface area (Å²) in [7, 11) is 1.91. The van der Waals surface area contributed by atoms with Crippen molar-refractivity contribution < 1.29 is 0 Å². The molecule has 1 fully saturated rings. The number of fused-ring (bicyclic) bond motifs is 1. The van der Waals surface area contributed by atoms with Crippen LogP contribution in [0.15, 0.2) is 24.4 Å². The summed E-state index contributed by atoms with van der Waals surface area (Å²) in [5.41, 5.74) is 1.03. The second kappa shape index (κ2) is 5.25. The number of piperidine rings is 1. The summed E-state index contributed by atoms with van der Waals surface area (Å²) in [6.45, 7) is 2.15. The summed E-state index contributed by atoms with van der Waals surface area (Å²) in [6.07, 6.45) is 5.70. The van der Waals surface area contributed by atoms with Crippen molar-refractivity contribution in [3.63, 3.8) is 0 Å². The van der Waals surface area contributed by atoms with Crippen molar-refractivity contribution in [2.45, 2.75) is 19.3 Å². The summed E-state index contributed by atoms with van der Waals surface area (Å²) in [5, 5.41) is 6.18. The maximum Gasteiger partial charge on any atom is 0.138 e. The van der Waals surface area contributed by atoms with Gasteiger partial charge in [-0.3, -0.25) is 0 Å². The van der Waals surface area contributed by atoms with Gasteiger partial charge in [0, 0.05) is 30.9 Å². The number of aromatic nitrogens is 1. The highest BCUT2D eigenvalue weighted by Gasteiger charge is 2.17. The lowest BCUT2D eigenvalue weighted by Crippen LogP contribution is -2.30. The molecule has 2 aromatic rings. The molecule has 0 aliphatic carbocycles. The van der Waals surface area contributed by atoms with E-state index in [2.05, 4.69) is 21.3 Å². The number of rotatable bonds is 2. The Bertz CT molecular complexity index is 591. The average Bonchev–Trinajstić information content (AvgIpc) is 2.47. The minimum absolute atomic E-state index is 0.780. The molecular formula is C15H18ClN3. The third-order valence-corrected chi connectivity index (χ3v) is 4.08. The highest BCUT2D eigenvalue weighted by Crippen LogP contribution is 2.35. The van der Waals surface area contributed by atoms with Gasteiger partial charge in [0.2, 0.25) is 0 Å². The van der Waals surface area contributed by atoms with Crippen LogP contribution >= 0.6 is 11.6 Å². The molecule has 0 saturated carbocycles. The summed E-state index contributed by atoms with van der Waals surface area (Å²) in [5.74, 6) is 1.03. The van der Waals surface area contributed by atoms with Gasteiger partial charge in [-0.15, -0.1) is 0 Å². The molecule has 1 aliphatic rings. The number of nitrogens with zero attached hydrogens (tertiary/aromatic N) is 2. The van der Waals surface area contributed by atoms with E-state index in [1.165, 1.54) is 19.3 Å². The van der Waals surface area contributed by atoms with Crippen LogP contribution in [0, 0.1) is 0 Å². The van der Waals surface area contributed by atoms with Crippen molar-refractivity contribution in [2.24, 2.45) is 0 Å². The average molecular weight is 276 g/mol. The van der Waals surface area contributed by atoms with Crippen molar-refractivity contribution >= 4 is 33.9 Å². The monoisotopic (exact) mass is 275 g/mol. The highest BCUT2D eigenvalue weighted by atomic mass is 35.5. The van der Waals surface area contributed by atoms with Crippen LogP contribution in [0.3, 0.4) is 0 Å². The van der Waals surface area contributed by atoms with E-state index in [0.29, 0.717) is 0 Å². The molecule has 3 nitrogen and oxygen atoms in total. The van der Waals surface area contributed by atoms with Crippen molar-refractivity contribution in [3.8, 4) is 0 Å². The van der Waals surface area contributed by atoms with E-state index >= 15 is 0 Å². The molecule has 0 spiro atoms. The largest absolute Gasteiger partial charge is 0.386 e. The second-order valence-electron chi connectivity index (χ2n) is 4.96. The number of nitrogens with one attached hydrogen (secondary N) is 1. The topological polar surface area (TPSA) is 28.2 Å². The van der Waals surface area contributed by atoms with Crippen LogP contribution in [0.5, 0.6) is 0 Å². The van der Waals surface area contributed by atoms with Crippen LogP contribution < -0.4 is 10.2 Å². The maximum absolute atomic E-state index is 6.42. The standard InChI is InChI=1S/C15H18ClN3/c1-17-13-10-18-15(19-8-3-2-4-9-19)14-11(13)6-5-7-12(14)16/h5-7,10,17H,2-4,8-9H2,1H3. The van der Waals surface area contributed by atoms with E-state index in [4.69, 9.17) is 11.6 Å². The molecule has 19 heavy (non-hydrogen) atoms. The first-order chi connectivity index (χ1) is 9.31. The molecule has 0 atom stereocenters. The zero-order chi connectivity index (χ0) is 13.2. The molecule has 1 aromatic heterocycles. The highest BCUT2D eigenvalue weighted by molar-refractivity contribution is 6.37. The fraction of sp³-hybridized carbons (Fsp3) is 0.400. The second-order valence-corrected chi connectivity index (χ2v) is 5.36. The van der Waals surface area contributed by atoms with Crippen LogP contribution in [-0.4, -0.2) is 25.1 Å². The van der Waals surface area contributed by atoms with Crippen LogP contribution in [-0.2, 0) is 0 Å². The predicted octanol–water partition coefficient (Wildman–Crippen LogP) is 3.92. The first kappa shape index (κ1) is 12.5. The number of hydrogen-bond donors (Lipinski definition) is 1. The lowest BCUT2D eigenvalue weighted by Gasteiger charge is -2.29. The molecule has 1 N–H and O–H groups in total. The molecule has 2 heterocycles. The smallest absolute Gasteiger partial charge is 0.138 e. The minimum atomic E-state index is 0.780. The van der Waals surface area contributed by atoms with Gasteiger partial charge in [-0.2, -0.15) is 0 Å². The van der Waals surface area contributed by atoms with Crippen molar-refractivity contribution in [1.29, 1.82) is 0 Å². The van der Waals surface area contributed by atoms with Gasteiger partial charge in [0.05, 0.1) is 16.9 Å². The molecule has 0 unspecified atom stereocenters. The van der Waals surface area contributed by atoms with Gasteiger partial charge in [0.25, 0.3) is 0 Å². The Kier molecular flexibility index (Phi) is 3.47. The number of anilines is 2. The fourth-order valence-electron chi connectivity index (χ4n) is 2.78. The lowest BCUT2D eigenvalue weighted by atomic mass is 10.1. The lowest BCUT2D eigenvalue weighted by molar-refractivity contribution is 0.575. The third-order valence-electron chi connectivity index (χ3n) is 3.77. The van der Waals surface area contributed by atoms with Gasteiger partial charge in [-0.1, -0.05) is 23.7 Å². The summed E-state index contributed by atoms with van der Waals surface area (Å²) < 4.78 is 0. The molecule has 0 radical (unpaired) electrons. The Balaban J connectivity index is 2.19. The normalized spacial score (nSPS) is 15.8. The first-order valence-corrected chi connectivity index (χ1v) is 7.19. The fourth-order valence-corrected chi connectivity index (χ4v) is 3.04. The van der Waals surface area contributed by atoms with Crippen molar-refractivity contribution in [3.05, 3.63) is 29.4 Å². The molecule has 4 heteroatoms. The number of benzene rings is 1.